The van der Waals surface area contributed by atoms with Gasteiger partial charge in [0, 0.05) is 11.7 Å². The highest BCUT2D eigenvalue weighted by Crippen LogP contribution is 2.27. The lowest BCUT2D eigenvalue weighted by atomic mass is 10.1. The van der Waals surface area contributed by atoms with Gasteiger partial charge in [-0.25, -0.2) is 0 Å². The first-order chi connectivity index (χ1) is 11.6. The van der Waals surface area contributed by atoms with Gasteiger partial charge in [0.05, 0.1) is 12.8 Å². The van der Waals surface area contributed by atoms with E-state index in [2.05, 4.69) is 10.2 Å². The molecule has 128 valence electrons. The van der Waals surface area contributed by atoms with Crippen LogP contribution in [0.15, 0.2) is 47.1 Å². The molecule has 5 heteroatoms. The Hall–Kier alpha value is -2.11. The third-order valence-corrected chi connectivity index (χ3v) is 4.63. The van der Waals surface area contributed by atoms with Gasteiger partial charge in [0.25, 0.3) is 0 Å². The van der Waals surface area contributed by atoms with Crippen molar-refractivity contribution < 1.29 is 14.3 Å². The first-order valence-corrected chi connectivity index (χ1v) is 8.44. The van der Waals surface area contributed by atoms with E-state index >= 15 is 0 Å². The first-order valence-electron chi connectivity index (χ1n) is 8.44. The van der Waals surface area contributed by atoms with Crippen LogP contribution >= 0.6 is 0 Å². The third kappa shape index (κ3) is 4.04. The summed E-state index contributed by atoms with van der Waals surface area (Å²) in [7, 11) is 0. The number of hydrogen-bond acceptors (Lipinski definition) is 4. The van der Waals surface area contributed by atoms with Crippen LogP contribution in [-0.2, 0) is 4.79 Å². The fraction of sp³-hybridized carbons (Fsp3) is 0.421. The van der Waals surface area contributed by atoms with Gasteiger partial charge in [0.1, 0.15) is 11.9 Å². The number of aryl methyl sites for hydroxylation is 1. The van der Waals surface area contributed by atoms with E-state index in [9.17, 15) is 9.90 Å². The van der Waals surface area contributed by atoms with Gasteiger partial charge < -0.3 is 14.8 Å². The molecule has 1 saturated heterocycles. The number of likely N-dealkylation sites (tertiary alicyclic amines) is 1. The summed E-state index contributed by atoms with van der Waals surface area (Å²) in [6, 6.07) is 11.5. The molecular formula is C19H24N2O3. The molecular weight excluding hydrogens is 304 g/mol. The summed E-state index contributed by atoms with van der Waals surface area (Å²) >= 11 is 0. The molecule has 2 atom stereocenters. The maximum absolute atomic E-state index is 12.3. The lowest BCUT2D eigenvalue weighted by Gasteiger charge is -2.25. The van der Waals surface area contributed by atoms with Crippen molar-refractivity contribution in [2.45, 2.75) is 38.3 Å². The number of carbonyl (C=O) groups excluding carboxylic acids is 1. The van der Waals surface area contributed by atoms with Crippen molar-refractivity contribution in [3.05, 3.63) is 54.0 Å². The van der Waals surface area contributed by atoms with Gasteiger partial charge in [-0.1, -0.05) is 18.2 Å². The minimum Gasteiger partial charge on any atom is -0.467 e. The Morgan fingerprint density at radius 1 is 1.38 bits per heavy atom. The zero-order valence-electron chi connectivity index (χ0n) is 13.9. The predicted molar refractivity (Wildman–Crippen MR) is 92.7 cm³/mol. The van der Waals surface area contributed by atoms with Crippen LogP contribution in [0, 0.1) is 6.92 Å². The van der Waals surface area contributed by atoms with Crippen LogP contribution < -0.4 is 5.32 Å². The van der Waals surface area contributed by atoms with Crippen LogP contribution in [-0.4, -0.2) is 35.0 Å². The highest BCUT2D eigenvalue weighted by atomic mass is 16.4. The van der Waals surface area contributed by atoms with E-state index in [1.165, 1.54) is 0 Å². The number of nitrogens with zero attached hydrogens (tertiary/aromatic N) is 1. The van der Waals surface area contributed by atoms with Gasteiger partial charge in [-0.15, -0.1) is 0 Å². The summed E-state index contributed by atoms with van der Waals surface area (Å²) in [4.78, 5) is 14.5. The number of furan rings is 1. The van der Waals surface area contributed by atoms with E-state index in [1.807, 2.05) is 31.2 Å². The second-order valence-electron chi connectivity index (χ2n) is 6.40. The number of anilines is 1. The molecule has 1 aliphatic rings. The zero-order chi connectivity index (χ0) is 16.9. The van der Waals surface area contributed by atoms with E-state index in [4.69, 9.17) is 4.42 Å². The SMILES string of the molecule is Cc1ccccc1NC(=O)CN1CCCC1CC(O)c1ccco1. The molecule has 0 radical (unpaired) electrons. The summed E-state index contributed by atoms with van der Waals surface area (Å²) in [5.74, 6) is 0.579. The molecule has 1 fully saturated rings. The normalized spacial score (nSPS) is 19.3. The number of hydrogen-bond donors (Lipinski definition) is 2. The third-order valence-electron chi connectivity index (χ3n) is 4.63. The molecule has 2 heterocycles. The van der Waals surface area contributed by atoms with Gasteiger partial charge in [0.2, 0.25) is 5.91 Å². The molecule has 2 unspecified atom stereocenters. The van der Waals surface area contributed by atoms with Crippen molar-refractivity contribution in [2.75, 3.05) is 18.4 Å². The van der Waals surface area contributed by atoms with E-state index in [0.29, 0.717) is 18.7 Å². The van der Waals surface area contributed by atoms with Crippen molar-refractivity contribution in [2.24, 2.45) is 0 Å². The zero-order valence-corrected chi connectivity index (χ0v) is 13.9. The molecule has 1 aromatic heterocycles. The summed E-state index contributed by atoms with van der Waals surface area (Å²) in [6.07, 6.45) is 3.58. The van der Waals surface area contributed by atoms with Crippen molar-refractivity contribution >= 4 is 11.6 Å². The molecule has 1 amide bonds. The van der Waals surface area contributed by atoms with Crippen LogP contribution in [0.5, 0.6) is 0 Å². The highest BCUT2D eigenvalue weighted by molar-refractivity contribution is 5.92. The lowest BCUT2D eigenvalue weighted by molar-refractivity contribution is -0.117. The molecule has 0 bridgehead atoms. The molecule has 1 aliphatic heterocycles. The number of para-hydroxylation sites is 1. The first kappa shape index (κ1) is 16.7. The number of rotatable bonds is 6. The Kier molecular flexibility index (Phi) is 5.33. The summed E-state index contributed by atoms with van der Waals surface area (Å²) in [5, 5.41) is 13.2. The molecule has 2 aromatic rings. The van der Waals surface area contributed by atoms with E-state index < -0.39 is 6.10 Å². The molecule has 24 heavy (non-hydrogen) atoms. The number of amides is 1. The molecule has 2 N–H and O–H groups in total. The summed E-state index contributed by atoms with van der Waals surface area (Å²) < 4.78 is 5.27. The van der Waals surface area contributed by atoms with Crippen molar-refractivity contribution in [1.29, 1.82) is 0 Å². The van der Waals surface area contributed by atoms with Gasteiger partial charge in [-0.05, 0) is 56.5 Å². The van der Waals surface area contributed by atoms with Crippen LogP contribution in [0.3, 0.4) is 0 Å². The number of nitrogens with one attached hydrogen (secondary N) is 1. The smallest absolute Gasteiger partial charge is 0.238 e. The standard InChI is InChI=1S/C19H24N2O3/c1-14-6-2-3-8-16(14)20-19(23)13-21-10-4-7-15(21)12-17(22)18-9-5-11-24-18/h2-3,5-6,8-9,11,15,17,22H,4,7,10,12-13H2,1H3,(H,20,23). The Morgan fingerprint density at radius 2 is 2.21 bits per heavy atom. The minimum absolute atomic E-state index is 0.0105. The van der Waals surface area contributed by atoms with Gasteiger partial charge in [0.15, 0.2) is 0 Å². The molecule has 1 aromatic carbocycles. The largest absolute Gasteiger partial charge is 0.467 e. The van der Waals surface area contributed by atoms with Gasteiger partial charge in [-0.2, -0.15) is 0 Å². The monoisotopic (exact) mass is 328 g/mol. The average Bonchev–Trinajstić information content (AvgIpc) is 3.22. The summed E-state index contributed by atoms with van der Waals surface area (Å²) in [6.45, 7) is 3.22. The van der Waals surface area contributed by atoms with Crippen LogP contribution in [0.1, 0.15) is 36.7 Å². The number of aliphatic hydroxyl groups excluding tert-OH is 1. The van der Waals surface area contributed by atoms with Crippen LogP contribution in [0.25, 0.3) is 0 Å². The van der Waals surface area contributed by atoms with E-state index in [0.717, 1.165) is 30.6 Å². The number of aliphatic hydroxyl groups is 1. The summed E-state index contributed by atoms with van der Waals surface area (Å²) in [5.41, 5.74) is 1.91. The maximum atomic E-state index is 12.3. The fourth-order valence-corrected chi connectivity index (χ4v) is 3.31. The predicted octanol–water partition coefficient (Wildman–Crippen LogP) is 3.11. The molecule has 0 saturated carbocycles. The molecule has 0 aliphatic carbocycles. The molecule has 3 rings (SSSR count). The Morgan fingerprint density at radius 3 is 2.96 bits per heavy atom. The van der Waals surface area contributed by atoms with Crippen LogP contribution in [0.4, 0.5) is 5.69 Å². The van der Waals surface area contributed by atoms with Crippen molar-refractivity contribution in [1.82, 2.24) is 4.90 Å². The lowest BCUT2D eigenvalue weighted by Crippen LogP contribution is -2.37. The second-order valence-corrected chi connectivity index (χ2v) is 6.40. The quantitative estimate of drug-likeness (QED) is 0.855. The second kappa shape index (κ2) is 7.64. The van der Waals surface area contributed by atoms with Crippen molar-refractivity contribution in [3.63, 3.8) is 0 Å². The van der Waals surface area contributed by atoms with Gasteiger partial charge >= 0.3 is 0 Å². The maximum Gasteiger partial charge on any atom is 0.238 e. The number of carbonyl (C=O) groups is 1. The minimum atomic E-state index is -0.620. The molecule has 5 nitrogen and oxygen atoms in total. The Labute approximate surface area is 142 Å². The van der Waals surface area contributed by atoms with Gasteiger partial charge in [-0.3, -0.25) is 9.69 Å². The number of benzene rings is 1. The Bertz CT molecular complexity index is 669. The Balaban J connectivity index is 1.55. The van der Waals surface area contributed by atoms with E-state index in [-0.39, 0.29) is 11.9 Å². The average molecular weight is 328 g/mol. The van der Waals surface area contributed by atoms with E-state index in [1.54, 1.807) is 18.4 Å². The van der Waals surface area contributed by atoms with Crippen molar-refractivity contribution in [3.8, 4) is 0 Å². The van der Waals surface area contributed by atoms with Crippen LogP contribution in [0.2, 0.25) is 0 Å². The fourth-order valence-electron chi connectivity index (χ4n) is 3.31. The topological polar surface area (TPSA) is 65.7 Å². The highest BCUT2D eigenvalue weighted by Gasteiger charge is 2.29. The molecule has 0 spiro atoms.